The molecule has 0 aromatic carbocycles. The van der Waals surface area contributed by atoms with Crippen molar-refractivity contribution in [3.8, 4) is 0 Å². The van der Waals surface area contributed by atoms with Crippen LogP contribution in [0.4, 0.5) is 4.39 Å². The summed E-state index contributed by atoms with van der Waals surface area (Å²) in [5.74, 6) is -2.20. The molecule has 0 bridgehead atoms. The SMILES string of the molecule is CF.N[C@@H](CCC(=O)O)C(=O)O. The minimum absolute atomic E-state index is 0.0231. The van der Waals surface area contributed by atoms with Crippen LogP contribution < -0.4 is 5.73 Å². The van der Waals surface area contributed by atoms with Crippen LogP contribution in [0.3, 0.4) is 0 Å². The minimum atomic E-state index is -1.17. The number of nitrogens with two attached hydrogens (primary N) is 1. The maximum atomic E-state index is 9.99. The summed E-state index contributed by atoms with van der Waals surface area (Å²) in [7, 11) is 0.500. The molecule has 0 aliphatic heterocycles. The summed E-state index contributed by atoms with van der Waals surface area (Å²) < 4.78 is 9.50. The first-order valence-corrected chi connectivity index (χ1v) is 3.12. The molecule has 0 aliphatic rings. The van der Waals surface area contributed by atoms with E-state index in [1.807, 2.05) is 0 Å². The zero-order valence-corrected chi connectivity index (χ0v) is 6.66. The molecule has 0 unspecified atom stereocenters. The van der Waals surface area contributed by atoms with Gasteiger partial charge in [0.25, 0.3) is 0 Å². The molecule has 0 rings (SSSR count). The Labute approximate surface area is 69.0 Å². The second kappa shape index (κ2) is 7.93. The predicted octanol–water partition coefficient (Wildman–Crippen LogP) is -0.151. The smallest absolute Gasteiger partial charge is 0.320 e. The molecule has 0 aromatic heterocycles. The molecule has 6 heteroatoms. The number of hydrogen-bond acceptors (Lipinski definition) is 3. The average Bonchev–Trinajstić information content (AvgIpc) is 2.03. The fraction of sp³-hybridized carbons (Fsp3) is 0.667. The van der Waals surface area contributed by atoms with Gasteiger partial charge in [-0.05, 0) is 6.42 Å². The molecule has 0 saturated carbocycles. The summed E-state index contributed by atoms with van der Waals surface area (Å²) in [6.07, 6.45) is -0.224. The Hall–Kier alpha value is -1.17. The van der Waals surface area contributed by atoms with Gasteiger partial charge in [0.1, 0.15) is 6.04 Å². The van der Waals surface area contributed by atoms with E-state index in [2.05, 4.69) is 0 Å². The van der Waals surface area contributed by atoms with E-state index < -0.39 is 18.0 Å². The van der Waals surface area contributed by atoms with Crippen molar-refractivity contribution in [2.45, 2.75) is 18.9 Å². The maximum absolute atomic E-state index is 9.99. The number of carbonyl (C=O) groups is 2. The van der Waals surface area contributed by atoms with Crippen LogP contribution in [-0.2, 0) is 9.59 Å². The topological polar surface area (TPSA) is 101 Å². The van der Waals surface area contributed by atoms with Gasteiger partial charge in [-0.3, -0.25) is 14.0 Å². The first-order chi connectivity index (χ1) is 5.54. The van der Waals surface area contributed by atoms with Crippen molar-refractivity contribution < 1.29 is 24.2 Å². The Balaban J connectivity index is 0. The highest BCUT2D eigenvalue weighted by Gasteiger charge is 2.12. The van der Waals surface area contributed by atoms with Gasteiger partial charge in [-0.1, -0.05) is 0 Å². The normalized spacial score (nSPS) is 10.9. The largest absolute Gasteiger partial charge is 0.481 e. The molecule has 0 saturated heterocycles. The summed E-state index contributed by atoms with van der Waals surface area (Å²) in [4.78, 5) is 19.9. The van der Waals surface area contributed by atoms with Gasteiger partial charge < -0.3 is 15.9 Å². The molecule has 0 aromatic rings. The molecular weight excluding hydrogens is 169 g/mol. The number of rotatable bonds is 4. The Morgan fingerprint density at radius 1 is 1.42 bits per heavy atom. The van der Waals surface area contributed by atoms with Crippen LogP contribution in [0.2, 0.25) is 0 Å². The number of carboxylic acid groups (broad SMARTS) is 2. The molecule has 0 aliphatic carbocycles. The Morgan fingerprint density at radius 2 is 1.83 bits per heavy atom. The van der Waals surface area contributed by atoms with Crippen molar-refractivity contribution in [1.82, 2.24) is 0 Å². The number of aliphatic carboxylic acids is 2. The van der Waals surface area contributed by atoms with Gasteiger partial charge in [-0.25, -0.2) is 0 Å². The first-order valence-electron chi connectivity index (χ1n) is 3.12. The van der Waals surface area contributed by atoms with Crippen molar-refractivity contribution >= 4 is 11.9 Å². The fourth-order valence-electron chi connectivity index (χ4n) is 0.402. The van der Waals surface area contributed by atoms with E-state index >= 15 is 0 Å². The first kappa shape index (κ1) is 13.4. The van der Waals surface area contributed by atoms with Gasteiger partial charge in [0, 0.05) is 6.42 Å². The fourth-order valence-corrected chi connectivity index (χ4v) is 0.402. The lowest BCUT2D eigenvalue weighted by molar-refractivity contribution is -0.139. The van der Waals surface area contributed by atoms with E-state index in [1.54, 1.807) is 0 Å². The molecule has 0 fully saturated rings. The molecular formula is C6H12FNO4. The lowest BCUT2D eigenvalue weighted by Gasteiger charge is -2.01. The van der Waals surface area contributed by atoms with Crippen LogP contribution >= 0.6 is 0 Å². The zero-order valence-electron chi connectivity index (χ0n) is 6.66. The van der Waals surface area contributed by atoms with Crippen molar-refractivity contribution in [3.63, 3.8) is 0 Å². The minimum Gasteiger partial charge on any atom is -0.481 e. The molecule has 1 atom stereocenters. The van der Waals surface area contributed by atoms with Gasteiger partial charge in [-0.2, -0.15) is 0 Å². The van der Waals surface area contributed by atoms with Crippen molar-refractivity contribution in [2.24, 2.45) is 5.73 Å². The molecule has 4 N–H and O–H groups in total. The summed E-state index contributed by atoms with van der Waals surface area (Å²) in [6.45, 7) is 0. The van der Waals surface area contributed by atoms with E-state index in [1.165, 1.54) is 0 Å². The van der Waals surface area contributed by atoms with Crippen molar-refractivity contribution in [1.29, 1.82) is 0 Å². The van der Waals surface area contributed by atoms with Crippen LogP contribution in [-0.4, -0.2) is 35.4 Å². The Bertz CT molecular complexity index is 150. The van der Waals surface area contributed by atoms with E-state index in [4.69, 9.17) is 15.9 Å². The number of alkyl halides is 1. The summed E-state index contributed by atoms with van der Waals surface area (Å²) in [5, 5.41) is 16.3. The number of hydrogen-bond donors (Lipinski definition) is 3. The Morgan fingerprint density at radius 3 is 2.08 bits per heavy atom. The van der Waals surface area contributed by atoms with Gasteiger partial charge in [-0.15, -0.1) is 0 Å². The third-order valence-electron chi connectivity index (χ3n) is 0.986. The number of halogens is 1. The summed E-state index contributed by atoms with van der Waals surface area (Å²) in [5.41, 5.74) is 5.00. The van der Waals surface area contributed by atoms with Gasteiger partial charge in [0.2, 0.25) is 0 Å². The Kier molecular flexibility index (Phi) is 8.87. The van der Waals surface area contributed by atoms with Gasteiger partial charge in [0.05, 0.1) is 7.18 Å². The van der Waals surface area contributed by atoms with Crippen LogP contribution in [0, 0.1) is 0 Å². The second-order valence-corrected chi connectivity index (χ2v) is 1.88. The van der Waals surface area contributed by atoms with Crippen LogP contribution in [0.5, 0.6) is 0 Å². The number of carboxylic acids is 2. The summed E-state index contributed by atoms with van der Waals surface area (Å²) in [6, 6.07) is -1.06. The molecule has 0 amide bonds. The molecule has 72 valence electrons. The molecule has 0 radical (unpaired) electrons. The highest BCUT2D eigenvalue weighted by Crippen LogP contribution is 1.93. The third-order valence-corrected chi connectivity index (χ3v) is 0.986. The van der Waals surface area contributed by atoms with Crippen LogP contribution in [0.1, 0.15) is 12.8 Å². The lowest BCUT2D eigenvalue weighted by atomic mass is 10.2. The van der Waals surface area contributed by atoms with E-state index in [9.17, 15) is 14.0 Å². The quantitative estimate of drug-likeness (QED) is 0.559. The van der Waals surface area contributed by atoms with Gasteiger partial charge in [0.15, 0.2) is 0 Å². The summed E-state index contributed by atoms with van der Waals surface area (Å²) >= 11 is 0. The third kappa shape index (κ3) is 8.83. The van der Waals surface area contributed by atoms with E-state index in [-0.39, 0.29) is 12.8 Å². The molecule has 5 nitrogen and oxygen atoms in total. The maximum Gasteiger partial charge on any atom is 0.320 e. The standard InChI is InChI=1S/C5H9NO4.CH3F/c6-3(5(9)10)1-2-4(7)8;1-2/h3H,1-2,6H2,(H,7,8)(H,9,10);1H3/t3-;/m0./s1. The average molecular weight is 181 g/mol. The van der Waals surface area contributed by atoms with Crippen molar-refractivity contribution in [2.75, 3.05) is 7.18 Å². The van der Waals surface area contributed by atoms with E-state index in [0.717, 1.165) is 0 Å². The van der Waals surface area contributed by atoms with Gasteiger partial charge >= 0.3 is 11.9 Å². The second-order valence-electron chi connectivity index (χ2n) is 1.88. The monoisotopic (exact) mass is 181 g/mol. The van der Waals surface area contributed by atoms with Crippen molar-refractivity contribution in [3.05, 3.63) is 0 Å². The highest BCUT2D eigenvalue weighted by atomic mass is 19.1. The zero-order chi connectivity index (χ0) is 10.1. The van der Waals surface area contributed by atoms with Crippen LogP contribution in [0.25, 0.3) is 0 Å². The van der Waals surface area contributed by atoms with Crippen LogP contribution in [0.15, 0.2) is 0 Å². The highest BCUT2D eigenvalue weighted by molar-refractivity contribution is 5.74. The molecule has 12 heavy (non-hydrogen) atoms. The molecule has 0 heterocycles. The lowest BCUT2D eigenvalue weighted by Crippen LogP contribution is -2.30. The molecule has 0 spiro atoms. The predicted molar refractivity (Wildman–Crippen MR) is 39.5 cm³/mol. The van der Waals surface area contributed by atoms with E-state index in [0.29, 0.717) is 7.18 Å².